The van der Waals surface area contributed by atoms with E-state index in [2.05, 4.69) is 5.16 Å². The van der Waals surface area contributed by atoms with Crippen LogP contribution in [0.3, 0.4) is 0 Å². The van der Waals surface area contributed by atoms with Crippen molar-refractivity contribution in [2.45, 2.75) is 19.1 Å². The van der Waals surface area contributed by atoms with Crippen LogP contribution in [0.25, 0.3) is 0 Å². The maximum atomic E-state index is 11.8. The van der Waals surface area contributed by atoms with Gasteiger partial charge in [0.1, 0.15) is 11.0 Å². The fraction of sp³-hybridized carbons (Fsp3) is 0.417. The molecule has 0 spiro atoms. The molecule has 18 heavy (non-hydrogen) atoms. The van der Waals surface area contributed by atoms with Gasteiger partial charge in [-0.15, -0.1) is 0 Å². The van der Waals surface area contributed by atoms with Gasteiger partial charge in [-0.05, 0) is 6.92 Å². The van der Waals surface area contributed by atoms with Gasteiger partial charge < -0.3 is 10.3 Å². The first kappa shape index (κ1) is 14.7. The summed E-state index contributed by atoms with van der Waals surface area (Å²) < 4.78 is 23.7. The molecule has 0 heterocycles. The van der Waals surface area contributed by atoms with Gasteiger partial charge >= 0.3 is 0 Å². The van der Waals surface area contributed by atoms with Gasteiger partial charge in [0.2, 0.25) is 0 Å². The second-order valence-electron chi connectivity index (χ2n) is 3.98. The number of hydrogen-bond donors (Lipinski definition) is 2. The summed E-state index contributed by atoms with van der Waals surface area (Å²) in [6.07, 6.45) is 0. The Morgan fingerprint density at radius 1 is 1.44 bits per heavy atom. The fourth-order valence-electron chi connectivity index (χ4n) is 1.68. The van der Waals surface area contributed by atoms with Crippen molar-refractivity contribution in [2.24, 2.45) is 5.16 Å². The van der Waals surface area contributed by atoms with Gasteiger partial charge in [0.25, 0.3) is 0 Å². The van der Waals surface area contributed by atoms with E-state index in [0.717, 1.165) is 5.56 Å². The summed E-state index contributed by atoms with van der Waals surface area (Å²) in [5.74, 6) is -0.122. The summed E-state index contributed by atoms with van der Waals surface area (Å²) in [6, 6.07) is 6.95. The van der Waals surface area contributed by atoms with Crippen LogP contribution < -0.4 is 0 Å². The molecule has 1 aromatic carbocycles. The van der Waals surface area contributed by atoms with E-state index in [1.54, 1.807) is 18.2 Å². The molecule has 0 aromatic heterocycles. The summed E-state index contributed by atoms with van der Waals surface area (Å²) >= 11 is 0. The highest BCUT2D eigenvalue weighted by atomic mass is 32.2. The third-order valence-corrected chi connectivity index (χ3v) is 4.77. The number of aliphatic hydroxyl groups is 1. The van der Waals surface area contributed by atoms with Crippen molar-refractivity contribution < 1.29 is 18.7 Å². The van der Waals surface area contributed by atoms with Crippen molar-refractivity contribution in [3.63, 3.8) is 0 Å². The number of aliphatic hydroxyl groups excluding tert-OH is 1. The number of sulfone groups is 1. The Bertz CT molecular complexity index is 537. The molecule has 0 unspecified atom stereocenters. The maximum Gasteiger partial charge on any atom is 0.161 e. The summed E-state index contributed by atoms with van der Waals surface area (Å²) in [5, 5.41) is 20.2. The van der Waals surface area contributed by atoms with Gasteiger partial charge in [0, 0.05) is 11.3 Å². The first-order valence-corrected chi connectivity index (χ1v) is 7.29. The molecule has 0 amide bonds. The van der Waals surface area contributed by atoms with Crippen molar-refractivity contribution in [3.05, 3.63) is 35.4 Å². The highest BCUT2D eigenvalue weighted by molar-refractivity contribution is 7.92. The van der Waals surface area contributed by atoms with Crippen LogP contribution in [-0.2, 0) is 9.84 Å². The second-order valence-corrected chi connectivity index (χ2v) is 6.45. The number of oxime groups is 1. The maximum absolute atomic E-state index is 11.8. The zero-order valence-corrected chi connectivity index (χ0v) is 11.2. The van der Waals surface area contributed by atoms with Crippen LogP contribution in [0.5, 0.6) is 0 Å². The lowest BCUT2D eigenvalue weighted by atomic mass is 10.1. The highest BCUT2D eigenvalue weighted by Crippen LogP contribution is 2.14. The second kappa shape index (κ2) is 5.97. The Hall–Kier alpha value is -1.40. The predicted molar refractivity (Wildman–Crippen MR) is 69.8 cm³/mol. The van der Waals surface area contributed by atoms with E-state index in [0.29, 0.717) is 5.56 Å². The molecule has 0 saturated carbocycles. The lowest BCUT2D eigenvalue weighted by molar-refractivity contribution is 0.296. The van der Waals surface area contributed by atoms with Crippen LogP contribution in [0.4, 0.5) is 0 Å². The van der Waals surface area contributed by atoms with Crippen LogP contribution in [0.2, 0.25) is 0 Å². The highest BCUT2D eigenvalue weighted by Gasteiger charge is 2.30. The first-order chi connectivity index (χ1) is 8.46. The van der Waals surface area contributed by atoms with E-state index in [4.69, 9.17) is 5.21 Å². The number of nitrogens with zero attached hydrogens (tertiary/aromatic N) is 1. The number of hydrogen-bond acceptors (Lipinski definition) is 5. The molecular formula is C12H17NO4S. The first-order valence-electron chi connectivity index (χ1n) is 5.57. The van der Waals surface area contributed by atoms with E-state index in [1.807, 2.05) is 13.0 Å². The molecule has 0 saturated heterocycles. The molecule has 2 N–H and O–H groups in total. The summed E-state index contributed by atoms with van der Waals surface area (Å²) in [5.41, 5.74) is 1.39. The van der Waals surface area contributed by atoms with E-state index < -0.39 is 21.7 Å². The summed E-state index contributed by atoms with van der Waals surface area (Å²) in [7, 11) is -3.52. The molecule has 0 aliphatic rings. The van der Waals surface area contributed by atoms with Crippen molar-refractivity contribution in [2.75, 3.05) is 12.4 Å². The SMILES string of the molecule is CCS(=O)(=O)[C@H](CO)/C(=N\O)c1cccc(C)c1. The van der Waals surface area contributed by atoms with Crippen LogP contribution in [0.15, 0.2) is 29.4 Å². The Morgan fingerprint density at radius 3 is 2.56 bits per heavy atom. The normalized spacial score (nSPS) is 14.5. The van der Waals surface area contributed by atoms with Gasteiger partial charge in [-0.2, -0.15) is 0 Å². The molecule has 0 fully saturated rings. The zero-order valence-electron chi connectivity index (χ0n) is 10.4. The third kappa shape index (κ3) is 3.08. The molecule has 5 nitrogen and oxygen atoms in total. The van der Waals surface area contributed by atoms with Gasteiger partial charge in [-0.1, -0.05) is 41.9 Å². The van der Waals surface area contributed by atoms with Crippen LogP contribution in [0, 0.1) is 6.92 Å². The lowest BCUT2D eigenvalue weighted by Gasteiger charge is -2.16. The Balaban J connectivity index is 3.26. The largest absolute Gasteiger partial charge is 0.411 e. The molecule has 6 heteroatoms. The average molecular weight is 271 g/mol. The van der Waals surface area contributed by atoms with E-state index in [9.17, 15) is 13.5 Å². The summed E-state index contributed by atoms with van der Waals surface area (Å²) in [6.45, 7) is 2.73. The molecule has 1 atom stereocenters. The molecule has 0 radical (unpaired) electrons. The van der Waals surface area contributed by atoms with Crippen LogP contribution in [-0.4, -0.2) is 42.1 Å². The van der Waals surface area contributed by atoms with E-state index in [-0.39, 0.29) is 11.5 Å². The Labute approximate surface area is 107 Å². The van der Waals surface area contributed by atoms with Gasteiger partial charge in [-0.25, -0.2) is 8.42 Å². The minimum absolute atomic E-state index is 0.0250. The molecule has 0 bridgehead atoms. The fourth-order valence-corrected chi connectivity index (χ4v) is 2.84. The molecular weight excluding hydrogens is 254 g/mol. The van der Waals surface area contributed by atoms with Crippen LogP contribution in [0.1, 0.15) is 18.1 Å². The standard InChI is InChI=1S/C12H17NO4S/c1-3-18(16,17)11(8-14)12(13-15)10-6-4-5-9(2)7-10/h4-7,11,14-15H,3,8H2,1-2H3/b13-12-/t11-/m1/s1. The van der Waals surface area contributed by atoms with Gasteiger partial charge in [0.15, 0.2) is 9.84 Å². The molecule has 100 valence electrons. The van der Waals surface area contributed by atoms with Crippen molar-refractivity contribution in [1.82, 2.24) is 0 Å². The minimum Gasteiger partial charge on any atom is -0.411 e. The van der Waals surface area contributed by atoms with Crippen molar-refractivity contribution in [3.8, 4) is 0 Å². The topological polar surface area (TPSA) is 87.0 Å². The van der Waals surface area contributed by atoms with Crippen LogP contribution >= 0.6 is 0 Å². The molecule has 0 aliphatic heterocycles. The number of benzene rings is 1. The monoisotopic (exact) mass is 271 g/mol. The van der Waals surface area contributed by atoms with Gasteiger partial charge in [-0.3, -0.25) is 0 Å². The molecule has 0 aliphatic carbocycles. The predicted octanol–water partition coefficient (Wildman–Crippen LogP) is 0.969. The average Bonchev–Trinajstić information content (AvgIpc) is 2.35. The quantitative estimate of drug-likeness (QED) is 0.474. The number of rotatable bonds is 5. The van der Waals surface area contributed by atoms with Gasteiger partial charge in [0.05, 0.1) is 6.61 Å². The lowest BCUT2D eigenvalue weighted by Crippen LogP contribution is -2.35. The Morgan fingerprint density at radius 2 is 2.11 bits per heavy atom. The molecule has 1 rings (SSSR count). The summed E-state index contributed by atoms with van der Waals surface area (Å²) in [4.78, 5) is 0. The van der Waals surface area contributed by atoms with Crippen molar-refractivity contribution in [1.29, 1.82) is 0 Å². The smallest absolute Gasteiger partial charge is 0.161 e. The minimum atomic E-state index is -3.52. The van der Waals surface area contributed by atoms with Crippen molar-refractivity contribution >= 4 is 15.5 Å². The molecule has 1 aromatic rings. The van der Waals surface area contributed by atoms with E-state index in [1.165, 1.54) is 6.92 Å². The number of aryl methyl sites for hydroxylation is 1. The zero-order chi connectivity index (χ0) is 13.8. The Kier molecular flexibility index (Phi) is 4.86. The third-order valence-electron chi connectivity index (χ3n) is 2.73. The van der Waals surface area contributed by atoms with E-state index >= 15 is 0 Å².